The molecule has 1 heterocycles. The van der Waals surface area contributed by atoms with E-state index in [1.807, 2.05) is 0 Å². The molecular formula is C14H20N2O3S. The van der Waals surface area contributed by atoms with Crippen molar-refractivity contribution in [1.29, 1.82) is 0 Å². The average Bonchev–Trinajstić information content (AvgIpc) is 2.48. The molecule has 1 aromatic rings. The highest BCUT2D eigenvalue weighted by Crippen LogP contribution is 2.17. The number of nitrogens with zero attached hydrogens (tertiary/aromatic N) is 1. The van der Waals surface area contributed by atoms with Gasteiger partial charge in [-0.3, -0.25) is 4.79 Å². The molecule has 0 radical (unpaired) electrons. The highest BCUT2D eigenvalue weighted by molar-refractivity contribution is 7.88. The summed E-state index contributed by atoms with van der Waals surface area (Å²) in [7, 11) is -1.68. The Labute approximate surface area is 120 Å². The minimum absolute atomic E-state index is 0.00102. The van der Waals surface area contributed by atoms with E-state index in [0.717, 1.165) is 19.3 Å². The summed E-state index contributed by atoms with van der Waals surface area (Å²) < 4.78 is 26.1. The number of piperidine rings is 1. The maximum Gasteiger partial charge on any atom is 0.251 e. The fourth-order valence-electron chi connectivity index (χ4n) is 2.34. The van der Waals surface area contributed by atoms with E-state index in [9.17, 15) is 13.2 Å². The number of rotatable bonds is 4. The van der Waals surface area contributed by atoms with Crippen LogP contribution in [0.1, 0.15) is 35.2 Å². The molecule has 1 aliphatic heterocycles. The zero-order chi connectivity index (χ0) is 14.6. The summed E-state index contributed by atoms with van der Waals surface area (Å²) in [6.07, 6.45) is 2.98. The van der Waals surface area contributed by atoms with Gasteiger partial charge in [0.05, 0.1) is 5.75 Å². The van der Waals surface area contributed by atoms with Crippen LogP contribution in [0.4, 0.5) is 0 Å². The third-order valence-electron chi connectivity index (χ3n) is 3.50. The maximum absolute atomic E-state index is 12.3. The molecule has 0 bridgehead atoms. The number of carbonyl (C=O) groups is 1. The molecule has 0 atom stereocenters. The Hall–Kier alpha value is -1.40. The minimum Gasteiger partial charge on any atom is -0.355 e. The van der Waals surface area contributed by atoms with Crippen molar-refractivity contribution in [2.45, 2.75) is 25.0 Å². The number of hydrogen-bond acceptors (Lipinski definition) is 3. The lowest BCUT2D eigenvalue weighted by Gasteiger charge is -2.25. The molecule has 6 heteroatoms. The first-order valence-electron chi connectivity index (χ1n) is 6.82. The first kappa shape index (κ1) is 15.0. The summed E-state index contributed by atoms with van der Waals surface area (Å²) in [5.41, 5.74) is 1.25. The normalized spacial score (nSPS) is 16.9. The summed E-state index contributed by atoms with van der Waals surface area (Å²) in [5, 5.41) is 2.54. The van der Waals surface area contributed by atoms with Crippen molar-refractivity contribution in [2.24, 2.45) is 0 Å². The highest BCUT2D eigenvalue weighted by Gasteiger charge is 2.24. The van der Waals surface area contributed by atoms with Crippen molar-refractivity contribution in [3.63, 3.8) is 0 Å². The summed E-state index contributed by atoms with van der Waals surface area (Å²) in [5.74, 6) is -0.170. The van der Waals surface area contributed by atoms with Crippen molar-refractivity contribution >= 4 is 15.9 Å². The Morgan fingerprint density at radius 3 is 2.30 bits per heavy atom. The van der Waals surface area contributed by atoms with Gasteiger partial charge in [0.15, 0.2) is 0 Å². The topological polar surface area (TPSA) is 66.5 Å². The molecular weight excluding hydrogens is 276 g/mol. The van der Waals surface area contributed by atoms with Crippen LogP contribution in [-0.2, 0) is 15.8 Å². The van der Waals surface area contributed by atoms with Crippen molar-refractivity contribution < 1.29 is 13.2 Å². The molecule has 1 saturated heterocycles. The van der Waals surface area contributed by atoms with Crippen LogP contribution in [0.3, 0.4) is 0 Å². The maximum atomic E-state index is 12.3. The van der Waals surface area contributed by atoms with Gasteiger partial charge in [-0.05, 0) is 30.5 Å². The van der Waals surface area contributed by atoms with Crippen LogP contribution in [0.2, 0.25) is 0 Å². The SMILES string of the molecule is CNC(=O)c1ccc(CS(=O)(=O)N2CCCCC2)cc1. The monoisotopic (exact) mass is 296 g/mol. The first-order chi connectivity index (χ1) is 9.53. The van der Waals surface area contributed by atoms with Crippen molar-refractivity contribution in [1.82, 2.24) is 9.62 Å². The van der Waals surface area contributed by atoms with Crippen molar-refractivity contribution in [3.05, 3.63) is 35.4 Å². The smallest absolute Gasteiger partial charge is 0.251 e. The van der Waals surface area contributed by atoms with Crippen molar-refractivity contribution in [3.8, 4) is 0 Å². The molecule has 0 aromatic heterocycles. The zero-order valence-corrected chi connectivity index (χ0v) is 12.4. The number of sulfonamides is 1. The van der Waals surface area contributed by atoms with Crippen LogP contribution < -0.4 is 5.32 Å². The Kier molecular flexibility index (Phi) is 4.77. The summed E-state index contributed by atoms with van der Waals surface area (Å²) in [6, 6.07) is 6.71. The number of benzene rings is 1. The van der Waals surface area contributed by atoms with E-state index in [1.165, 1.54) is 0 Å². The van der Waals surface area contributed by atoms with Gasteiger partial charge in [0, 0.05) is 25.7 Å². The van der Waals surface area contributed by atoms with Gasteiger partial charge in [0.2, 0.25) is 10.0 Å². The van der Waals surface area contributed by atoms with Crippen LogP contribution >= 0.6 is 0 Å². The second-order valence-electron chi connectivity index (χ2n) is 4.99. The van der Waals surface area contributed by atoms with E-state index in [4.69, 9.17) is 0 Å². The molecule has 1 amide bonds. The molecule has 0 aliphatic carbocycles. The largest absolute Gasteiger partial charge is 0.355 e. The third kappa shape index (κ3) is 3.58. The predicted octanol–water partition coefficient (Wildman–Crippen LogP) is 1.36. The number of amides is 1. The minimum atomic E-state index is -3.24. The van der Waals surface area contributed by atoms with Crippen LogP contribution in [0.5, 0.6) is 0 Å². The number of hydrogen-bond donors (Lipinski definition) is 1. The molecule has 0 spiro atoms. The van der Waals surface area contributed by atoms with E-state index >= 15 is 0 Å². The van der Waals surface area contributed by atoms with Gasteiger partial charge in [0.25, 0.3) is 5.91 Å². The summed E-state index contributed by atoms with van der Waals surface area (Å²) >= 11 is 0. The molecule has 1 aliphatic rings. The van der Waals surface area contributed by atoms with Gasteiger partial charge in [-0.15, -0.1) is 0 Å². The number of nitrogens with one attached hydrogen (secondary N) is 1. The van der Waals surface area contributed by atoms with Gasteiger partial charge in [-0.2, -0.15) is 0 Å². The number of carbonyl (C=O) groups excluding carboxylic acids is 1. The molecule has 0 unspecified atom stereocenters. The lowest BCUT2D eigenvalue weighted by Crippen LogP contribution is -2.36. The second-order valence-corrected chi connectivity index (χ2v) is 6.96. The summed E-state index contributed by atoms with van der Waals surface area (Å²) in [6.45, 7) is 1.25. The first-order valence-corrected chi connectivity index (χ1v) is 8.43. The third-order valence-corrected chi connectivity index (χ3v) is 5.35. The highest BCUT2D eigenvalue weighted by atomic mass is 32.2. The molecule has 5 nitrogen and oxygen atoms in total. The van der Waals surface area contributed by atoms with Crippen LogP contribution in [0.15, 0.2) is 24.3 Å². The molecule has 110 valence electrons. The van der Waals surface area contributed by atoms with Crippen LogP contribution in [-0.4, -0.2) is 38.8 Å². The fraction of sp³-hybridized carbons (Fsp3) is 0.500. The Balaban J connectivity index is 2.07. The Bertz CT molecular complexity index is 561. The Morgan fingerprint density at radius 1 is 1.15 bits per heavy atom. The molecule has 1 N–H and O–H groups in total. The quantitative estimate of drug-likeness (QED) is 0.912. The summed E-state index contributed by atoms with van der Waals surface area (Å²) in [4.78, 5) is 11.4. The Morgan fingerprint density at radius 2 is 1.75 bits per heavy atom. The predicted molar refractivity (Wildman–Crippen MR) is 77.9 cm³/mol. The van der Waals surface area contributed by atoms with E-state index in [2.05, 4.69) is 5.32 Å². The second kappa shape index (κ2) is 6.37. The van der Waals surface area contributed by atoms with Crippen LogP contribution in [0, 0.1) is 0 Å². The van der Waals surface area contributed by atoms with Gasteiger partial charge in [0.1, 0.15) is 0 Å². The van der Waals surface area contributed by atoms with Gasteiger partial charge in [-0.1, -0.05) is 18.6 Å². The van der Waals surface area contributed by atoms with E-state index in [0.29, 0.717) is 24.2 Å². The van der Waals surface area contributed by atoms with E-state index in [-0.39, 0.29) is 11.7 Å². The van der Waals surface area contributed by atoms with Gasteiger partial charge in [-0.25, -0.2) is 12.7 Å². The standard InChI is InChI=1S/C14H20N2O3S/c1-15-14(17)13-7-5-12(6-8-13)11-20(18,19)16-9-3-2-4-10-16/h5-8H,2-4,9-11H2,1H3,(H,15,17). The molecule has 1 aromatic carbocycles. The molecule has 1 fully saturated rings. The molecule has 20 heavy (non-hydrogen) atoms. The molecule has 2 rings (SSSR count). The van der Waals surface area contributed by atoms with Crippen molar-refractivity contribution in [2.75, 3.05) is 20.1 Å². The van der Waals surface area contributed by atoms with Gasteiger partial charge < -0.3 is 5.32 Å². The molecule has 0 saturated carbocycles. The van der Waals surface area contributed by atoms with Gasteiger partial charge >= 0.3 is 0 Å². The van der Waals surface area contributed by atoms with E-state index < -0.39 is 10.0 Å². The zero-order valence-electron chi connectivity index (χ0n) is 11.6. The average molecular weight is 296 g/mol. The van der Waals surface area contributed by atoms with Crippen LogP contribution in [0.25, 0.3) is 0 Å². The van der Waals surface area contributed by atoms with E-state index in [1.54, 1.807) is 35.6 Å². The lowest BCUT2D eigenvalue weighted by atomic mass is 10.1. The fourth-order valence-corrected chi connectivity index (χ4v) is 3.95. The lowest BCUT2D eigenvalue weighted by molar-refractivity contribution is 0.0963.